The van der Waals surface area contributed by atoms with Crippen LogP contribution in [0.5, 0.6) is 0 Å². The Balaban J connectivity index is 2.60. The molecule has 1 saturated carbocycles. The quantitative estimate of drug-likeness (QED) is 0.587. The van der Waals surface area contributed by atoms with Gasteiger partial charge in [-0.3, -0.25) is 0 Å². The second kappa shape index (κ2) is 4.68. The first kappa shape index (κ1) is 12.1. The van der Waals surface area contributed by atoms with Crippen molar-refractivity contribution in [3.05, 3.63) is 0 Å². The third kappa shape index (κ3) is 1.99. The van der Waals surface area contributed by atoms with E-state index in [1.807, 2.05) is 0 Å². The molecule has 0 N–H and O–H groups in total. The lowest BCUT2D eigenvalue weighted by Crippen LogP contribution is -2.44. The minimum absolute atomic E-state index is 0.631. The molecule has 0 spiro atoms. The summed E-state index contributed by atoms with van der Waals surface area (Å²) in [4.78, 5) is 0. The molecule has 0 aromatic carbocycles. The normalized spacial score (nSPS) is 32.8. The molecule has 0 bridgehead atoms. The van der Waals surface area contributed by atoms with Gasteiger partial charge in [0.25, 0.3) is 0 Å². The molecule has 1 fully saturated rings. The molecule has 0 radical (unpaired) electrons. The molecule has 0 heterocycles. The maximum atomic E-state index is 2.51. The fraction of sp³-hybridized carbons (Fsp3) is 1.00. The van der Waals surface area contributed by atoms with E-state index in [9.17, 15) is 0 Å². The summed E-state index contributed by atoms with van der Waals surface area (Å²) in [7, 11) is 0. The van der Waals surface area contributed by atoms with Gasteiger partial charge in [0.2, 0.25) is 0 Å². The van der Waals surface area contributed by atoms with E-state index in [-0.39, 0.29) is 0 Å². The van der Waals surface area contributed by atoms with Crippen molar-refractivity contribution in [1.82, 2.24) is 0 Å². The van der Waals surface area contributed by atoms with Crippen LogP contribution < -0.4 is 0 Å². The monoisotopic (exact) mass is 196 g/mol. The molecular formula is C14H28. The molecule has 0 aromatic rings. The number of hydrogen-bond acceptors (Lipinski definition) is 0. The minimum atomic E-state index is 0.631. The van der Waals surface area contributed by atoms with Gasteiger partial charge in [-0.2, -0.15) is 0 Å². The topological polar surface area (TPSA) is 0 Å². The van der Waals surface area contributed by atoms with E-state index in [2.05, 4.69) is 34.6 Å². The van der Waals surface area contributed by atoms with Crippen molar-refractivity contribution in [2.45, 2.75) is 66.7 Å². The van der Waals surface area contributed by atoms with Crippen molar-refractivity contribution in [3.63, 3.8) is 0 Å². The molecule has 0 amide bonds. The molecule has 14 heavy (non-hydrogen) atoms. The van der Waals surface area contributed by atoms with Crippen LogP contribution in [0.25, 0.3) is 0 Å². The zero-order valence-electron chi connectivity index (χ0n) is 10.8. The first-order valence-electron chi connectivity index (χ1n) is 6.59. The van der Waals surface area contributed by atoms with E-state index >= 15 is 0 Å². The van der Waals surface area contributed by atoms with Gasteiger partial charge in [0.05, 0.1) is 0 Å². The number of rotatable bonds is 5. The van der Waals surface area contributed by atoms with E-state index < -0.39 is 0 Å². The molecule has 0 aromatic heterocycles. The average molecular weight is 196 g/mol. The molecule has 84 valence electrons. The summed E-state index contributed by atoms with van der Waals surface area (Å²) in [6.45, 7) is 12.0. The van der Waals surface area contributed by atoms with Crippen LogP contribution in [0, 0.1) is 23.2 Å². The highest BCUT2D eigenvalue weighted by molar-refractivity contribution is 4.95. The van der Waals surface area contributed by atoms with E-state index in [0.29, 0.717) is 5.41 Å². The van der Waals surface area contributed by atoms with Gasteiger partial charge >= 0.3 is 0 Å². The second-order valence-corrected chi connectivity index (χ2v) is 5.63. The highest BCUT2D eigenvalue weighted by Crippen LogP contribution is 2.54. The minimum Gasteiger partial charge on any atom is -0.0654 e. The molecule has 0 nitrogen and oxygen atoms in total. The van der Waals surface area contributed by atoms with Gasteiger partial charge in [-0.25, -0.2) is 0 Å². The van der Waals surface area contributed by atoms with Crippen LogP contribution in [-0.2, 0) is 0 Å². The van der Waals surface area contributed by atoms with Gasteiger partial charge in [-0.1, -0.05) is 60.3 Å². The summed E-state index contributed by atoms with van der Waals surface area (Å²) < 4.78 is 0. The van der Waals surface area contributed by atoms with E-state index in [1.165, 1.54) is 32.1 Å². The lowest BCUT2D eigenvalue weighted by Gasteiger charge is -2.53. The molecule has 1 aliphatic carbocycles. The third-order valence-corrected chi connectivity index (χ3v) is 5.01. The predicted octanol–water partition coefficient (Wildman–Crippen LogP) is 4.89. The molecule has 0 saturated heterocycles. The Bertz CT molecular complexity index is 167. The number of hydrogen-bond donors (Lipinski definition) is 0. The van der Waals surface area contributed by atoms with Crippen molar-refractivity contribution >= 4 is 0 Å². The molecule has 0 heteroatoms. The lowest BCUT2D eigenvalue weighted by atomic mass is 9.53. The Morgan fingerprint density at radius 3 is 2.07 bits per heavy atom. The summed E-state index contributed by atoms with van der Waals surface area (Å²) in [5.74, 6) is 3.05. The Labute approximate surface area is 90.5 Å². The van der Waals surface area contributed by atoms with Gasteiger partial charge in [0.15, 0.2) is 0 Å². The fourth-order valence-corrected chi connectivity index (χ4v) is 3.35. The van der Waals surface area contributed by atoms with Crippen LogP contribution in [-0.4, -0.2) is 0 Å². The van der Waals surface area contributed by atoms with Crippen LogP contribution in [0.3, 0.4) is 0 Å². The van der Waals surface area contributed by atoms with Crippen LogP contribution in [0.15, 0.2) is 0 Å². The summed E-state index contributed by atoms with van der Waals surface area (Å²) >= 11 is 0. The molecule has 3 atom stereocenters. The van der Waals surface area contributed by atoms with Crippen molar-refractivity contribution in [2.24, 2.45) is 23.2 Å². The average Bonchev–Trinajstić information content (AvgIpc) is 2.21. The van der Waals surface area contributed by atoms with E-state index in [4.69, 9.17) is 0 Å². The van der Waals surface area contributed by atoms with Crippen LogP contribution in [0.1, 0.15) is 66.7 Å². The van der Waals surface area contributed by atoms with Crippen LogP contribution in [0.2, 0.25) is 0 Å². The maximum Gasteiger partial charge on any atom is -0.0300 e. The highest BCUT2D eigenvalue weighted by atomic mass is 14.5. The lowest BCUT2D eigenvalue weighted by molar-refractivity contribution is -0.0315. The molecule has 0 aliphatic heterocycles. The van der Waals surface area contributed by atoms with Gasteiger partial charge < -0.3 is 0 Å². The SMILES string of the molecule is CCCC1C(C)CC1C(C)(CC)CC. The largest absolute Gasteiger partial charge is 0.0654 e. The van der Waals surface area contributed by atoms with Gasteiger partial charge in [-0.15, -0.1) is 0 Å². The first-order chi connectivity index (χ1) is 6.59. The molecule has 1 rings (SSSR count). The van der Waals surface area contributed by atoms with Crippen molar-refractivity contribution in [3.8, 4) is 0 Å². The van der Waals surface area contributed by atoms with Crippen molar-refractivity contribution in [1.29, 1.82) is 0 Å². The molecule has 3 unspecified atom stereocenters. The fourth-order valence-electron chi connectivity index (χ4n) is 3.35. The Morgan fingerprint density at radius 1 is 1.14 bits per heavy atom. The van der Waals surface area contributed by atoms with E-state index in [1.54, 1.807) is 0 Å². The maximum absolute atomic E-state index is 2.51. The zero-order valence-corrected chi connectivity index (χ0v) is 10.8. The smallest absolute Gasteiger partial charge is 0.0300 e. The summed E-state index contributed by atoms with van der Waals surface area (Å²) in [6.07, 6.45) is 7.04. The first-order valence-corrected chi connectivity index (χ1v) is 6.59. The van der Waals surface area contributed by atoms with Gasteiger partial charge in [0, 0.05) is 0 Å². The molecule has 1 aliphatic rings. The van der Waals surface area contributed by atoms with Gasteiger partial charge in [-0.05, 0) is 29.6 Å². The Kier molecular flexibility index (Phi) is 4.04. The molecular weight excluding hydrogens is 168 g/mol. The van der Waals surface area contributed by atoms with Gasteiger partial charge in [0.1, 0.15) is 0 Å². The second-order valence-electron chi connectivity index (χ2n) is 5.63. The summed E-state index contributed by atoms with van der Waals surface area (Å²) in [5, 5.41) is 0. The van der Waals surface area contributed by atoms with Crippen molar-refractivity contribution < 1.29 is 0 Å². The zero-order chi connectivity index (χ0) is 10.8. The van der Waals surface area contributed by atoms with Crippen LogP contribution in [0.4, 0.5) is 0 Å². The predicted molar refractivity (Wildman–Crippen MR) is 64.4 cm³/mol. The summed E-state index contributed by atoms with van der Waals surface area (Å²) in [5.41, 5.74) is 0.631. The standard InChI is InChI=1S/C14H28/c1-6-9-12-11(4)10-13(12)14(5,7-2)8-3/h11-13H,6-10H2,1-5H3. The Morgan fingerprint density at radius 2 is 1.71 bits per heavy atom. The van der Waals surface area contributed by atoms with Crippen LogP contribution >= 0.6 is 0 Å². The highest BCUT2D eigenvalue weighted by Gasteiger charge is 2.45. The van der Waals surface area contributed by atoms with E-state index in [0.717, 1.165) is 17.8 Å². The third-order valence-electron chi connectivity index (χ3n) is 5.01. The summed E-state index contributed by atoms with van der Waals surface area (Å²) in [6, 6.07) is 0. The van der Waals surface area contributed by atoms with Crippen molar-refractivity contribution in [2.75, 3.05) is 0 Å². The Hall–Kier alpha value is 0.